The molecule has 4 rings (SSSR count). The monoisotopic (exact) mass is 415 g/mol. The second kappa shape index (κ2) is 7.05. The van der Waals surface area contributed by atoms with Gasteiger partial charge in [-0.2, -0.15) is 0 Å². The molecular weight excluding hydrogens is 401 g/mol. The Bertz CT molecular complexity index is 1150. The van der Waals surface area contributed by atoms with Crippen LogP contribution in [0.3, 0.4) is 0 Å². The summed E-state index contributed by atoms with van der Waals surface area (Å²) < 4.78 is 15.0. The molecule has 0 aliphatic heterocycles. The number of aromatic nitrogens is 4. The van der Waals surface area contributed by atoms with E-state index in [0.29, 0.717) is 32.9 Å². The van der Waals surface area contributed by atoms with Crippen molar-refractivity contribution in [1.29, 1.82) is 0 Å². The summed E-state index contributed by atoms with van der Waals surface area (Å²) in [6.07, 6.45) is 2.97. The molecule has 0 saturated carbocycles. The van der Waals surface area contributed by atoms with E-state index in [1.165, 1.54) is 23.7 Å². The van der Waals surface area contributed by atoms with E-state index >= 15 is 0 Å². The number of pyridine rings is 1. The van der Waals surface area contributed by atoms with Gasteiger partial charge in [-0.1, -0.05) is 17.7 Å². The summed E-state index contributed by atoms with van der Waals surface area (Å²) >= 11 is 7.46. The average Bonchev–Trinajstić information content (AvgIpc) is 3.06. The van der Waals surface area contributed by atoms with Crippen LogP contribution in [0.15, 0.2) is 42.9 Å². The minimum Gasteiger partial charge on any atom is -0.384 e. The van der Waals surface area contributed by atoms with Crippen LogP contribution < -0.4 is 5.32 Å². The maximum atomic E-state index is 14.3. The first-order chi connectivity index (χ1) is 13.3. The number of benzene rings is 1. The Morgan fingerprint density at radius 2 is 2.00 bits per heavy atom. The largest absolute Gasteiger partial charge is 0.384 e. The van der Waals surface area contributed by atoms with Crippen LogP contribution in [0.1, 0.15) is 19.5 Å². The zero-order valence-electron chi connectivity index (χ0n) is 14.9. The Morgan fingerprint density at radius 1 is 1.18 bits per heavy atom. The third-order valence-corrected chi connectivity index (χ3v) is 5.43. The fraction of sp³-hybridized carbons (Fsp3) is 0.158. The molecule has 3 aromatic heterocycles. The first kappa shape index (κ1) is 18.7. The van der Waals surface area contributed by atoms with E-state index in [1.54, 1.807) is 44.3 Å². The van der Waals surface area contributed by atoms with Crippen LogP contribution in [0.2, 0.25) is 5.02 Å². The number of nitrogens with one attached hydrogen (secondary N) is 1. The first-order valence-electron chi connectivity index (χ1n) is 8.35. The van der Waals surface area contributed by atoms with E-state index in [-0.39, 0.29) is 5.56 Å². The van der Waals surface area contributed by atoms with Crippen molar-refractivity contribution in [2.45, 2.75) is 19.4 Å². The minimum absolute atomic E-state index is 0.266. The van der Waals surface area contributed by atoms with E-state index in [9.17, 15) is 9.50 Å². The van der Waals surface area contributed by atoms with E-state index in [1.807, 2.05) is 0 Å². The molecule has 2 N–H and O–H groups in total. The minimum atomic E-state index is -1.10. The summed E-state index contributed by atoms with van der Waals surface area (Å²) in [4.78, 5) is 17.1. The van der Waals surface area contributed by atoms with Gasteiger partial charge >= 0.3 is 0 Å². The Hall–Kier alpha value is -2.68. The highest BCUT2D eigenvalue weighted by molar-refractivity contribution is 7.22. The van der Waals surface area contributed by atoms with Gasteiger partial charge in [0.15, 0.2) is 5.82 Å². The summed E-state index contributed by atoms with van der Waals surface area (Å²) in [5, 5.41) is 14.0. The Kier molecular flexibility index (Phi) is 4.70. The lowest BCUT2D eigenvalue weighted by atomic mass is 10.1. The number of halogens is 2. The van der Waals surface area contributed by atoms with Gasteiger partial charge in [0.2, 0.25) is 0 Å². The molecule has 0 saturated heterocycles. The van der Waals surface area contributed by atoms with E-state index in [4.69, 9.17) is 11.6 Å². The van der Waals surface area contributed by atoms with Crippen LogP contribution in [-0.2, 0) is 5.60 Å². The molecule has 0 fully saturated rings. The molecule has 0 atom stereocenters. The summed E-state index contributed by atoms with van der Waals surface area (Å²) in [6.45, 7) is 3.29. The van der Waals surface area contributed by atoms with E-state index in [0.717, 1.165) is 4.70 Å². The van der Waals surface area contributed by atoms with Gasteiger partial charge in [0.25, 0.3) is 0 Å². The number of thiazole rings is 1. The lowest BCUT2D eigenvalue weighted by molar-refractivity contribution is 0.0737. The van der Waals surface area contributed by atoms with Gasteiger partial charge in [0.1, 0.15) is 28.6 Å². The molecule has 6 nitrogen and oxygen atoms in total. The number of nitrogens with zero attached hydrogens (tertiary/aromatic N) is 4. The molecular formula is C19H15ClFN5OS. The number of rotatable bonds is 4. The smallest absolute Gasteiger partial charge is 0.151 e. The lowest BCUT2D eigenvalue weighted by Gasteiger charge is -2.16. The van der Waals surface area contributed by atoms with Crippen LogP contribution in [0.5, 0.6) is 0 Å². The van der Waals surface area contributed by atoms with Crippen LogP contribution in [0.25, 0.3) is 20.8 Å². The maximum absolute atomic E-state index is 14.3. The molecule has 142 valence electrons. The fourth-order valence-corrected chi connectivity index (χ4v) is 4.01. The molecule has 9 heteroatoms. The van der Waals surface area contributed by atoms with Crippen LogP contribution in [-0.4, -0.2) is 25.0 Å². The van der Waals surface area contributed by atoms with Crippen molar-refractivity contribution in [2.75, 3.05) is 5.32 Å². The van der Waals surface area contributed by atoms with Gasteiger partial charge in [0, 0.05) is 12.3 Å². The van der Waals surface area contributed by atoms with Gasteiger partial charge in [-0.15, -0.1) is 11.3 Å². The molecule has 0 radical (unpaired) electrons. The summed E-state index contributed by atoms with van der Waals surface area (Å²) in [7, 11) is 0. The predicted molar refractivity (Wildman–Crippen MR) is 108 cm³/mol. The topological polar surface area (TPSA) is 83.8 Å². The standard InChI is InChI=1S/C19H15ClFN5OS/c1-19(2,27)13-8-14(24-9-23-13)26-17-16-12(6-7-22-17)25-18(28-16)15-10(20)4-3-5-11(15)21/h3-9,27H,1-2H3,(H,22,23,24,26). The fourth-order valence-electron chi connectivity index (χ4n) is 2.64. The quantitative estimate of drug-likeness (QED) is 0.492. The van der Waals surface area contributed by atoms with Crippen molar-refractivity contribution < 1.29 is 9.50 Å². The predicted octanol–water partition coefficient (Wildman–Crippen LogP) is 4.91. The van der Waals surface area contributed by atoms with E-state index in [2.05, 4.69) is 25.3 Å². The molecule has 3 heterocycles. The normalized spacial score (nSPS) is 11.8. The van der Waals surface area contributed by atoms with Crippen molar-refractivity contribution in [3.05, 3.63) is 59.4 Å². The second-order valence-electron chi connectivity index (χ2n) is 6.60. The van der Waals surface area contributed by atoms with Crippen molar-refractivity contribution in [2.24, 2.45) is 0 Å². The molecule has 4 aromatic rings. The number of hydrogen-bond donors (Lipinski definition) is 2. The van der Waals surface area contributed by atoms with Crippen LogP contribution in [0.4, 0.5) is 16.0 Å². The Labute approximate surface area is 169 Å². The summed E-state index contributed by atoms with van der Waals surface area (Å²) in [6, 6.07) is 7.93. The molecule has 0 spiro atoms. The molecule has 0 unspecified atom stereocenters. The SMILES string of the molecule is CC(C)(O)c1cc(Nc2nccc3nc(-c4c(F)cccc4Cl)sc23)ncn1. The number of anilines is 2. The second-order valence-corrected chi connectivity index (χ2v) is 8.00. The van der Waals surface area contributed by atoms with Crippen molar-refractivity contribution >= 4 is 44.8 Å². The Morgan fingerprint density at radius 3 is 2.75 bits per heavy atom. The van der Waals surface area contributed by atoms with Crippen LogP contribution >= 0.6 is 22.9 Å². The van der Waals surface area contributed by atoms with Crippen molar-refractivity contribution in [3.63, 3.8) is 0 Å². The summed E-state index contributed by atoms with van der Waals surface area (Å²) in [5.41, 5.74) is 0.300. The number of hydrogen-bond acceptors (Lipinski definition) is 7. The zero-order chi connectivity index (χ0) is 19.9. The highest BCUT2D eigenvalue weighted by atomic mass is 35.5. The molecule has 0 bridgehead atoms. The van der Waals surface area contributed by atoms with Crippen molar-refractivity contribution in [1.82, 2.24) is 19.9 Å². The first-order valence-corrected chi connectivity index (χ1v) is 9.54. The van der Waals surface area contributed by atoms with Gasteiger partial charge in [-0.05, 0) is 32.0 Å². The molecule has 0 aliphatic rings. The molecule has 28 heavy (non-hydrogen) atoms. The van der Waals surface area contributed by atoms with Crippen molar-refractivity contribution in [3.8, 4) is 10.6 Å². The third-order valence-electron chi connectivity index (χ3n) is 4.02. The summed E-state index contributed by atoms with van der Waals surface area (Å²) in [5.74, 6) is 0.569. The van der Waals surface area contributed by atoms with Gasteiger partial charge in [-0.25, -0.2) is 24.3 Å². The highest BCUT2D eigenvalue weighted by Crippen LogP contribution is 2.38. The highest BCUT2D eigenvalue weighted by Gasteiger charge is 2.20. The van der Waals surface area contributed by atoms with E-state index < -0.39 is 11.4 Å². The molecule has 1 aromatic carbocycles. The zero-order valence-corrected chi connectivity index (χ0v) is 16.5. The van der Waals surface area contributed by atoms with Gasteiger partial charge in [0.05, 0.1) is 26.5 Å². The molecule has 0 aliphatic carbocycles. The van der Waals surface area contributed by atoms with Crippen LogP contribution in [0, 0.1) is 5.82 Å². The molecule has 0 amide bonds. The third kappa shape index (κ3) is 3.54. The number of aliphatic hydroxyl groups is 1. The lowest BCUT2D eigenvalue weighted by Crippen LogP contribution is -2.17. The van der Waals surface area contributed by atoms with Gasteiger partial charge < -0.3 is 10.4 Å². The van der Waals surface area contributed by atoms with Gasteiger partial charge in [-0.3, -0.25) is 0 Å². The average molecular weight is 416 g/mol. The Balaban J connectivity index is 1.77. The maximum Gasteiger partial charge on any atom is 0.151 e. The number of fused-ring (bicyclic) bond motifs is 1.